The minimum absolute atomic E-state index is 0.00172. The van der Waals surface area contributed by atoms with Gasteiger partial charge in [-0.3, -0.25) is 10.1 Å². The second kappa shape index (κ2) is 5.83. The fraction of sp³-hybridized carbons (Fsp3) is 0.583. The molecule has 1 aromatic rings. The van der Waals surface area contributed by atoms with E-state index >= 15 is 0 Å². The number of nitrogens with one attached hydrogen (secondary N) is 2. The molecule has 0 saturated carbocycles. The van der Waals surface area contributed by atoms with Crippen molar-refractivity contribution in [2.45, 2.75) is 31.9 Å². The van der Waals surface area contributed by atoms with Gasteiger partial charge in [-0.2, -0.15) is 0 Å². The third-order valence-electron chi connectivity index (χ3n) is 3.15. The fourth-order valence-corrected chi connectivity index (χ4v) is 2.17. The van der Waals surface area contributed by atoms with Crippen LogP contribution in [0.25, 0.3) is 0 Å². The molecule has 2 rings (SSSR count). The molecular formula is C12H18N4O3. The van der Waals surface area contributed by atoms with Crippen LogP contribution in [-0.2, 0) is 4.74 Å². The van der Waals surface area contributed by atoms with Gasteiger partial charge in [0.05, 0.1) is 11.0 Å². The van der Waals surface area contributed by atoms with Crippen molar-refractivity contribution in [3.05, 3.63) is 22.2 Å². The lowest BCUT2D eigenvalue weighted by Crippen LogP contribution is -2.33. The number of hydrogen-bond acceptors (Lipinski definition) is 6. The number of rotatable bonds is 4. The maximum absolute atomic E-state index is 11.0. The number of ether oxygens (including phenoxy) is 1. The molecule has 0 bridgehead atoms. The molecule has 1 fully saturated rings. The predicted molar refractivity (Wildman–Crippen MR) is 72.5 cm³/mol. The molecule has 1 aliphatic rings. The minimum atomic E-state index is -0.419. The van der Waals surface area contributed by atoms with Gasteiger partial charge in [-0.25, -0.2) is 4.98 Å². The Balaban J connectivity index is 2.19. The lowest BCUT2D eigenvalue weighted by molar-refractivity contribution is -0.384. The average molecular weight is 266 g/mol. The highest BCUT2D eigenvalue weighted by Crippen LogP contribution is 2.26. The van der Waals surface area contributed by atoms with Crippen molar-refractivity contribution in [1.29, 1.82) is 0 Å². The van der Waals surface area contributed by atoms with Gasteiger partial charge in [-0.15, -0.1) is 0 Å². The van der Waals surface area contributed by atoms with Gasteiger partial charge >= 0.3 is 5.69 Å². The number of nitrogens with zero attached hydrogens (tertiary/aromatic N) is 2. The van der Waals surface area contributed by atoms with Gasteiger partial charge in [0.2, 0.25) is 5.82 Å². The highest BCUT2D eigenvalue weighted by atomic mass is 16.6. The maximum atomic E-state index is 11.0. The van der Waals surface area contributed by atoms with Crippen LogP contribution < -0.4 is 10.6 Å². The van der Waals surface area contributed by atoms with Crippen molar-refractivity contribution in [3.63, 3.8) is 0 Å². The standard InChI is InChI=1S/C12H18N4O3/c1-8-7-9(5-6-19-8)14-12-10(16(17)18)3-4-11(13-2)15-12/h3-4,8-9H,5-7H2,1-2H3,(H2,13,14,15). The quantitative estimate of drug-likeness (QED) is 0.640. The Morgan fingerprint density at radius 1 is 1.53 bits per heavy atom. The smallest absolute Gasteiger partial charge is 0.311 e. The molecule has 19 heavy (non-hydrogen) atoms. The molecule has 2 heterocycles. The first kappa shape index (κ1) is 13.5. The molecule has 2 N–H and O–H groups in total. The molecule has 2 atom stereocenters. The molecule has 0 amide bonds. The fourth-order valence-electron chi connectivity index (χ4n) is 2.17. The summed E-state index contributed by atoms with van der Waals surface area (Å²) >= 11 is 0. The van der Waals surface area contributed by atoms with Crippen LogP contribution in [0.3, 0.4) is 0 Å². The van der Waals surface area contributed by atoms with Crippen LogP contribution in [-0.4, -0.2) is 35.7 Å². The Labute approximate surface area is 111 Å². The summed E-state index contributed by atoms with van der Waals surface area (Å²) in [4.78, 5) is 14.8. The van der Waals surface area contributed by atoms with Gasteiger partial charge < -0.3 is 15.4 Å². The van der Waals surface area contributed by atoms with E-state index in [9.17, 15) is 10.1 Å². The molecule has 0 aliphatic carbocycles. The summed E-state index contributed by atoms with van der Waals surface area (Å²) < 4.78 is 5.46. The van der Waals surface area contributed by atoms with Gasteiger partial charge in [0.1, 0.15) is 5.82 Å². The summed E-state index contributed by atoms with van der Waals surface area (Å²) in [6.07, 6.45) is 1.81. The highest BCUT2D eigenvalue weighted by Gasteiger charge is 2.23. The van der Waals surface area contributed by atoms with E-state index in [2.05, 4.69) is 15.6 Å². The molecule has 2 unspecified atom stereocenters. The summed E-state index contributed by atoms with van der Waals surface area (Å²) in [5, 5.41) is 17.1. The van der Waals surface area contributed by atoms with Crippen molar-refractivity contribution >= 4 is 17.3 Å². The van der Waals surface area contributed by atoms with Gasteiger partial charge in [-0.1, -0.05) is 0 Å². The Hall–Kier alpha value is -1.89. The van der Waals surface area contributed by atoms with Crippen molar-refractivity contribution in [2.75, 3.05) is 24.3 Å². The highest BCUT2D eigenvalue weighted by molar-refractivity contribution is 5.60. The van der Waals surface area contributed by atoms with Gasteiger partial charge in [0.25, 0.3) is 0 Å². The van der Waals surface area contributed by atoms with Crippen LogP contribution >= 0.6 is 0 Å². The Morgan fingerprint density at radius 2 is 2.32 bits per heavy atom. The van der Waals surface area contributed by atoms with Crippen LogP contribution in [0.4, 0.5) is 17.3 Å². The molecular weight excluding hydrogens is 248 g/mol. The Kier molecular flexibility index (Phi) is 4.16. The predicted octanol–water partition coefficient (Wildman–Crippen LogP) is 2.01. The van der Waals surface area contributed by atoms with Crippen LogP contribution in [0, 0.1) is 10.1 Å². The van der Waals surface area contributed by atoms with E-state index in [4.69, 9.17) is 4.74 Å². The second-order valence-electron chi connectivity index (χ2n) is 4.62. The summed E-state index contributed by atoms with van der Waals surface area (Å²) in [6, 6.07) is 3.21. The molecule has 0 aromatic carbocycles. The van der Waals surface area contributed by atoms with E-state index < -0.39 is 4.92 Å². The van der Waals surface area contributed by atoms with Gasteiger partial charge in [0, 0.05) is 25.8 Å². The third kappa shape index (κ3) is 3.31. The van der Waals surface area contributed by atoms with E-state index in [0.29, 0.717) is 18.2 Å². The molecule has 1 aliphatic heterocycles. The number of anilines is 2. The van der Waals surface area contributed by atoms with E-state index in [0.717, 1.165) is 12.8 Å². The van der Waals surface area contributed by atoms with Gasteiger partial charge in [-0.05, 0) is 25.8 Å². The zero-order valence-electron chi connectivity index (χ0n) is 11.0. The van der Waals surface area contributed by atoms with Crippen LogP contribution in [0.5, 0.6) is 0 Å². The zero-order valence-corrected chi connectivity index (χ0v) is 11.0. The number of pyridine rings is 1. The van der Waals surface area contributed by atoms with E-state index in [1.165, 1.54) is 6.07 Å². The van der Waals surface area contributed by atoms with Crippen molar-refractivity contribution in [2.24, 2.45) is 0 Å². The topological polar surface area (TPSA) is 89.3 Å². The molecule has 104 valence electrons. The molecule has 0 spiro atoms. The molecule has 1 saturated heterocycles. The van der Waals surface area contributed by atoms with Crippen molar-refractivity contribution in [3.8, 4) is 0 Å². The summed E-state index contributed by atoms with van der Waals surface area (Å²) in [6.45, 7) is 2.66. The zero-order chi connectivity index (χ0) is 13.8. The SMILES string of the molecule is CNc1ccc([N+](=O)[O-])c(NC2CCOC(C)C2)n1. The third-order valence-corrected chi connectivity index (χ3v) is 3.15. The lowest BCUT2D eigenvalue weighted by atomic mass is 10.0. The summed E-state index contributed by atoms with van der Waals surface area (Å²) in [7, 11) is 1.73. The lowest BCUT2D eigenvalue weighted by Gasteiger charge is -2.28. The molecule has 0 radical (unpaired) electrons. The Morgan fingerprint density at radius 3 is 2.95 bits per heavy atom. The number of nitro groups is 1. The first-order chi connectivity index (χ1) is 9.10. The van der Waals surface area contributed by atoms with E-state index in [1.54, 1.807) is 13.1 Å². The van der Waals surface area contributed by atoms with Crippen LogP contribution in [0.1, 0.15) is 19.8 Å². The van der Waals surface area contributed by atoms with Crippen molar-refractivity contribution in [1.82, 2.24) is 4.98 Å². The Bertz CT molecular complexity index is 466. The van der Waals surface area contributed by atoms with Gasteiger partial charge in [0.15, 0.2) is 0 Å². The normalized spacial score (nSPS) is 22.8. The average Bonchev–Trinajstić information content (AvgIpc) is 2.38. The number of hydrogen-bond donors (Lipinski definition) is 2. The molecule has 7 nitrogen and oxygen atoms in total. The first-order valence-corrected chi connectivity index (χ1v) is 6.31. The largest absolute Gasteiger partial charge is 0.378 e. The monoisotopic (exact) mass is 266 g/mol. The molecule has 1 aromatic heterocycles. The van der Waals surface area contributed by atoms with Crippen LogP contribution in [0.15, 0.2) is 12.1 Å². The first-order valence-electron chi connectivity index (χ1n) is 6.31. The summed E-state index contributed by atoms with van der Waals surface area (Å²) in [5.41, 5.74) is -0.00172. The second-order valence-corrected chi connectivity index (χ2v) is 4.62. The minimum Gasteiger partial charge on any atom is -0.378 e. The molecule has 7 heteroatoms. The summed E-state index contributed by atoms with van der Waals surface area (Å²) in [5.74, 6) is 0.921. The van der Waals surface area contributed by atoms with E-state index in [1.807, 2.05) is 6.92 Å². The van der Waals surface area contributed by atoms with Crippen molar-refractivity contribution < 1.29 is 9.66 Å². The number of aromatic nitrogens is 1. The van der Waals surface area contributed by atoms with Crippen LogP contribution in [0.2, 0.25) is 0 Å². The van der Waals surface area contributed by atoms with E-state index in [-0.39, 0.29) is 17.8 Å². The maximum Gasteiger partial charge on any atom is 0.311 e.